The first-order chi connectivity index (χ1) is 13.5. The van der Waals surface area contributed by atoms with Gasteiger partial charge in [-0.3, -0.25) is 4.79 Å². The molecule has 0 amide bonds. The van der Waals surface area contributed by atoms with Crippen molar-refractivity contribution in [3.8, 4) is 5.75 Å². The first-order valence-electron chi connectivity index (χ1n) is 8.51. The lowest BCUT2D eigenvalue weighted by Gasteiger charge is -2.04. The second-order valence-electron chi connectivity index (χ2n) is 5.72. The predicted octanol–water partition coefficient (Wildman–Crippen LogP) is 3.89. The van der Waals surface area contributed by atoms with E-state index in [-0.39, 0.29) is 17.6 Å². The van der Waals surface area contributed by atoms with Crippen molar-refractivity contribution in [3.05, 3.63) is 64.5 Å². The highest BCUT2D eigenvalue weighted by Gasteiger charge is 2.18. The zero-order valence-corrected chi connectivity index (χ0v) is 16.2. The molecule has 0 bridgehead atoms. The van der Waals surface area contributed by atoms with Crippen molar-refractivity contribution in [1.29, 1.82) is 0 Å². The van der Waals surface area contributed by atoms with Crippen LogP contribution >= 0.6 is 11.3 Å². The zero-order valence-electron chi connectivity index (χ0n) is 15.4. The topological polar surface area (TPSA) is 104 Å². The van der Waals surface area contributed by atoms with Gasteiger partial charge >= 0.3 is 5.97 Å². The monoisotopic (exact) mass is 397 g/mol. The standard InChI is InChI=1S/C20H19N3O4S/c1-3-27-19(25)12-7-9-14(10-8-12)22-20-23-18(21)17(28-20)16(24)13-5-4-6-15(11-13)26-2/h4-11H,3,21H2,1-2H3,(H,22,23). The number of anilines is 3. The molecule has 2 aromatic carbocycles. The van der Waals surface area contributed by atoms with Gasteiger partial charge in [0.15, 0.2) is 5.13 Å². The maximum absolute atomic E-state index is 12.7. The number of esters is 1. The Morgan fingerprint density at radius 1 is 1.14 bits per heavy atom. The normalized spacial score (nSPS) is 10.4. The number of methoxy groups -OCH3 is 1. The number of thiazole rings is 1. The highest BCUT2D eigenvalue weighted by atomic mass is 32.1. The first kappa shape index (κ1) is 19.4. The van der Waals surface area contributed by atoms with E-state index in [1.807, 2.05) is 0 Å². The van der Waals surface area contributed by atoms with Crippen LogP contribution in [0.3, 0.4) is 0 Å². The molecule has 28 heavy (non-hydrogen) atoms. The summed E-state index contributed by atoms with van der Waals surface area (Å²) in [6, 6.07) is 13.6. The number of ketones is 1. The number of rotatable bonds is 7. The van der Waals surface area contributed by atoms with Crippen LogP contribution in [0.25, 0.3) is 0 Å². The van der Waals surface area contributed by atoms with Crippen molar-refractivity contribution >= 4 is 39.7 Å². The number of hydrogen-bond acceptors (Lipinski definition) is 8. The molecule has 0 aliphatic heterocycles. The van der Waals surface area contributed by atoms with Gasteiger partial charge in [0.1, 0.15) is 16.4 Å². The summed E-state index contributed by atoms with van der Waals surface area (Å²) in [4.78, 5) is 29.0. The lowest BCUT2D eigenvalue weighted by Crippen LogP contribution is -2.04. The Labute approximate surface area is 166 Å². The van der Waals surface area contributed by atoms with E-state index < -0.39 is 0 Å². The molecular weight excluding hydrogens is 378 g/mol. The molecule has 0 fully saturated rings. The van der Waals surface area contributed by atoms with Gasteiger partial charge in [0.05, 0.1) is 19.3 Å². The van der Waals surface area contributed by atoms with Gasteiger partial charge in [0.2, 0.25) is 5.78 Å². The molecule has 0 aliphatic carbocycles. The van der Waals surface area contributed by atoms with E-state index in [9.17, 15) is 9.59 Å². The minimum atomic E-state index is -0.376. The fourth-order valence-electron chi connectivity index (χ4n) is 2.47. The Balaban J connectivity index is 1.76. The van der Waals surface area contributed by atoms with Gasteiger partial charge in [0.25, 0.3) is 0 Å². The third-order valence-electron chi connectivity index (χ3n) is 3.84. The molecule has 0 atom stereocenters. The van der Waals surface area contributed by atoms with E-state index in [4.69, 9.17) is 15.2 Å². The van der Waals surface area contributed by atoms with Crippen LogP contribution in [0.4, 0.5) is 16.6 Å². The highest BCUT2D eigenvalue weighted by molar-refractivity contribution is 7.18. The molecule has 0 aliphatic rings. The van der Waals surface area contributed by atoms with Gasteiger partial charge in [-0.1, -0.05) is 23.5 Å². The Hall–Kier alpha value is -3.39. The minimum Gasteiger partial charge on any atom is -0.497 e. The molecule has 8 heteroatoms. The Bertz CT molecular complexity index is 999. The van der Waals surface area contributed by atoms with Crippen molar-refractivity contribution in [2.75, 3.05) is 24.8 Å². The number of carbonyl (C=O) groups excluding carboxylic acids is 2. The quantitative estimate of drug-likeness (QED) is 0.460. The van der Waals surface area contributed by atoms with Crippen LogP contribution in [0.15, 0.2) is 48.5 Å². The van der Waals surface area contributed by atoms with Crippen LogP contribution in [0.1, 0.15) is 32.5 Å². The summed E-state index contributed by atoms with van der Waals surface area (Å²) in [5.41, 5.74) is 7.59. The maximum Gasteiger partial charge on any atom is 0.338 e. The van der Waals surface area contributed by atoms with Gasteiger partial charge < -0.3 is 20.5 Å². The Morgan fingerprint density at radius 3 is 2.57 bits per heavy atom. The number of nitrogen functional groups attached to an aromatic ring is 1. The smallest absolute Gasteiger partial charge is 0.338 e. The number of aromatic nitrogens is 1. The molecule has 0 spiro atoms. The Morgan fingerprint density at radius 2 is 1.89 bits per heavy atom. The van der Waals surface area contributed by atoms with Crippen LogP contribution in [0, 0.1) is 0 Å². The predicted molar refractivity (Wildman–Crippen MR) is 109 cm³/mol. The van der Waals surface area contributed by atoms with Gasteiger partial charge in [0, 0.05) is 11.3 Å². The molecule has 1 heterocycles. The summed E-state index contributed by atoms with van der Waals surface area (Å²) < 4.78 is 10.1. The molecule has 0 radical (unpaired) electrons. The van der Waals surface area contributed by atoms with Crippen molar-refractivity contribution in [2.24, 2.45) is 0 Å². The van der Waals surface area contributed by atoms with Crippen LogP contribution in [-0.2, 0) is 4.74 Å². The van der Waals surface area contributed by atoms with Gasteiger partial charge in [-0.2, -0.15) is 0 Å². The largest absolute Gasteiger partial charge is 0.497 e. The third-order valence-corrected chi connectivity index (χ3v) is 4.82. The summed E-state index contributed by atoms with van der Waals surface area (Å²) in [5.74, 6) is 0.149. The summed E-state index contributed by atoms with van der Waals surface area (Å²) >= 11 is 1.16. The number of benzene rings is 2. The molecule has 3 N–H and O–H groups in total. The van der Waals surface area contributed by atoms with E-state index >= 15 is 0 Å². The van der Waals surface area contributed by atoms with Gasteiger partial charge in [-0.25, -0.2) is 9.78 Å². The minimum absolute atomic E-state index is 0.156. The van der Waals surface area contributed by atoms with Crippen LogP contribution in [-0.4, -0.2) is 30.5 Å². The first-order valence-corrected chi connectivity index (χ1v) is 9.32. The van der Waals surface area contributed by atoms with E-state index in [0.29, 0.717) is 39.2 Å². The summed E-state index contributed by atoms with van der Waals surface area (Å²) in [5, 5.41) is 3.57. The summed E-state index contributed by atoms with van der Waals surface area (Å²) in [7, 11) is 1.54. The fraction of sp³-hybridized carbons (Fsp3) is 0.150. The van der Waals surface area contributed by atoms with Crippen LogP contribution in [0.2, 0.25) is 0 Å². The van der Waals surface area contributed by atoms with Crippen molar-refractivity contribution < 1.29 is 19.1 Å². The molecule has 144 valence electrons. The molecule has 3 rings (SSSR count). The van der Waals surface area contributed by atoms with E-state index in [1.165, 1.54) is 0 Å². The van der Waals surface area contributed by atoms with Crippen molar-refractivity contribution in [2.45, 2.75) is 6.92 Å². The van der Waals surface area contributed by atoms with Crippen LogP contribution < -0.4 is 15.8 Å². The Kier molecular flexibility index (Phi) is 5.90. The lowest BCUT2D eigenvalue weighted by atomic mass is 10.1. The number of carbonyl (C=O) groups is 2. The molecular formula is C20H19N3O4S. The van der Waals surface area contributed by atoms with Gasteiger partial charge in [-0.05, 0) is 43.3 Å². The zero-order chi connectivity index (χ0) is 20.1. The third kappa shape index (κ3) is 4.29. The van der Waals surface area contributed by atoms with Crippen molar-refractivity contribution in [1.82, 2.24) is 4.98 Å². The fourth-order valence-corrected chi connectivity index (χ4v) is 3.34. The SMILES string of the molecule is CCOC(=O)c1ccc(Nc2nc(N)c(C(=O)c3cccc(OC)c3)s2)cc1. The second kappa shape index (κ2) is 8.53. The molecule has 7 nitrogen and oxygen atoms in total. The lowest BCUT2D eigenvalue weighted by molar-refractivity contribution is 0.0526. The molecule has 1 aromatic heterocycles. The number of hydrogen-bond donors (Lipinski definition) is 2. The summed E-state index contributed by atoms with van der Waals surface area (Å²) in [6.07, 6.45) is 0. The van der Waals surface area contributed by atoms with Crippen LogP contribution in [0.5, 0.6) is 5.75 Å². The number of nitrogens with one attached hydrogen (secondary N) is 1. The van der Waals surface area contributed by atoms with E-state index in [0.717, 1.165) is 11.3 Å². The van der Waals surface area contributed by atoms with E-state index in [2.05, 4.69) is 10.3 Å². The number of ether oxygens (including phenoxy) is 2. The second-order valence-corrected chi connectivity index (χ2v) is 6.72. The molecule has 3 aromatic rings. The molecule has 0 unspecified atom stereocenters. The number of nitrogens with zero attached hydrogens (tertiary/aromatic N) is 1. The van der Waals surface area contributed by atoms with Gasteiger partial charge in [-0.15, -0.1) is 0 Å². The summed E-state index contributed by atoms with van der Waals surface area (Å²) in [6.45, 7) is 2.08. The highest BCUT2D eigenvalue weighted by Crippen LogP contribution is 2.30. The molecule has 0 saturated heterocycles. The maximum atomic E-state index is 12.7. The average Bonchev–Trinajstić information content (AvgIpc) is 3.08. The van der Waals surface area contributed by atoms with Crippen molar-refractivity contribution in [3.63, 3.8) is 0 Å². The number of nitrogens with two attached hydrogens (primary N) is 1. The average molecular weight is 397 g/mol. The van der Waals surface area contributed by atoms with E-state index in [1.54, 1.807) is 62.6 Å². The molecule has 0 saturated carbocycles.